The van der Waals surface area contributed by atoms with Gasteiger partial charge in [0.1, 0.15) is 11.2 Å². The van der Waals surface area contributed by atoms with E-state index in [0.717, 1.165) is 21.6 Å². The van der Waals surface area contributed by atoms with Crippen molar-refractivity contribution in [1.29, 1.82) is 0 Å². The smallest absolute Gasteiger partial charge is 0.579 e. The Bertz CT molecular complexity index is 1570. The molecule has 11 heteroatoms. The minimum absolute atomic E-state index is 0. The average molecular weight is 618 g/mol. The van der Waals surface area contributed by atoms with E-state index in [-0.39, 0.29) is 76.1 Å². The summed E-state index contributed by atoms with van der Waals surface area (Å²) in [6, 6.07) is 5.03. The van der Waals surface area contributed by atoms with Gasteiger partial charge in [-0.2, -0.15) is 10.8 Å². The third-order valence-corrected chi connectivity index (χ3v) is 5.02. The van der Waals surface area contributed by atoms with Gasteiger partial charge in [0.25, 0.3) is 22.9 Å². The molecule has 0 aliphatic carbocycles. The Morgan fingerprint density at radius 3 is 1.45 bits per heavy atom. The van der Waals surface area contributed by atoms with Gasteiger partial charge >= 0.3 is 21.1 Å². The van der Waals surface area contributed by atoms with E-state index < -0.39 is 23.3 Å². The molecule has 2 amide bonds. The van der Waals surface area contributed by atoms with Gasteiger partial charge in [0.05, 0.1) is 21.9 Å². The molecule has 5 rings (SSSR count). The zero-order valence-electron chi connectivity index (χ0n) is 17.1. The van der Waals surface area contributed by atoms with E-state index in [4.69, 9.17) is 32.2 Å². The van der Waals surface area contributed by atoms with Gasteiger partial charge in [-0.1, -0.05) is 0 Å². The van der Waals surface area contributed by atoms with Gasteiger partial charge in [-0.15, -0.1) is 0 Å². The molecule has 2 aromatic carbocycles. The molecule has 2 N–H and O–H groups in total. The number of carbonyl (C=O) groups excluding carboxylic acids is 2. The Balaban J connectivity index is 0.000000186. The summed E-state index contributed by atoms with van der Waals surface area (Å²) in [5.41, 5.74) is -0.167. The predicted octanol–water partition coefficient (Wildman–Crippen LogP) is 0.134. The minimum atomic E-state index is -0.472. The van der Waals surface area contributed by atoms with Gasteiger partial charge in [0, 0.05) is 14.1 Å². The molecule has 33 heavy (non-hydrogen) atoms. The maximum atomic E-state index is 11.8. The molecule has 0 saturated heterocycles. The van der Waals surface area contributed by atoms with Crippen LogP contribution in [0.4, 0.5) is 0 Å². The number of hydrogen-bond donors (Lipinski definition) is 2. The number of carbonyl (C=O) groups is 2. The van der Waals surface area contributed by atoms with Gasteiger partial charge in [-0.05, 0) is 24.3 Å². The van der Waals surface area contributed by atoms with Crippen LogP contribution in [0.25, 0.3) is 35.1 Å². The molecule has 4 aromatic rings. The first-order valence-electron chi connectivity index (χ1n) is 9.01. The van der Waals surface area contributed by atoms with Crippen molar-refractivity contribution in [3.63, 3.8) is 0 Å². The molecule has 0 radical (unpaired) electrons. The molecule has 10 nitrogen and oxygen atoms in total. The molecule has 1 aliphatic rings. The number of fused-ring (bicyclic) bond motifs is 3. The van der Waals surface area contributed by atoms with Crippen LogP contribution >= 0.6 is 0 Å². The van der Waals surface area contributed by atoms with Crippen molar-refractivity contribution in [3.8, 4) is 11.5 Å². The number of imide groups is 1. The van der Waals surface area contributed by atoms with Gasteiger partial charge in [-0.3, -0.25) is 28.6 Å². The van der Waals surface area contributed by atoms with Crippen LogP contribution in [0.2, 0.25) is 0 Å². The van der Waals surface area contributed by atoms with Crippen molar-refractivity contribution in [3.05, 3.63) is 66.9 Å². The summed E-state index contributed by atoms with van der Waals surface area (Å²) >= 11 is 0. The monoisotopic (exact) mass is 618 g/mol. The SMILES string of the molecule is CN1C(=O)c2cc(O)c(O)cc2C1=O.[CH-]=c1oc2cc3c(=O)n(C)c(=O)c3cc2oc1=[CH-].[W+2]. The Hall–Kier alpha value is -3.91. The van der Waals surface area contributed by atoms with Crippen LogP contribution in [0.1, 0.15) is 20.7 Å². The van der Waals surface area contributed by atoms with Crippen molar-refractivity contribution in [2.24, 2.45) is 7.05 Å². The fourth-order valence-electron chi connectivity index (χ4n) is 3.25. The fraction of sp³-hybridized carbons (Fsp3) is 0.0909. The normalized spacial score (nSPS) is 12.5. The summed E-state index contributed by atoms with van der Waals surface area (Å²) in [4.78, 5) is 47.3. The van der Waals surface area contributed by atoms with Crippen molar-refractivity contribution < 1.29 is 49.7 Å². The number of aromatic nitrogens is 1. The molecule has 0 atom stereocenters. The Morgan fingerprint density at radius 2 is 1.09 bits per heavy atom. The number of amides is 2. The standard InChI is InChI=1S/C13H7NO4.C9H7NO4.W/c1-6-7(2)18-11-5-9-8(4-10(11)17-6)12(15)14(3)13(9)16;1-10-8(13)4-2-6(11)7(12)3-5(4)9(10)14;/h1-2,4-5H,3H3;2-3,11-12H,1H3;/q-2;;+2. The number of benzene rings is 2. The van der Waals surface area contributed by atoms with Crippen LogP contribution in [-0.2, 0) is 28.1 Å². The predicted molar refractivity (Wildman–Crippen MR) is 112 cm³/mol. The third kappa shape index (κ3) is 3.68. The van der Waals surface area contributed by atoms with Crippen molar-refractivity contribution in [2.75, 3.05) is 7.05 Å². The molecule has 0 unspecified atom stereocenters. The minimum Gasteiger partial charge on any atom is -0.579 e. The van der Waals surface area contributed by atoms with Gasteiger partial charge in [0.15, 0.2) is 11.5 Å². The maximum Gasteiger partial charge on any atom is 2.00 e. The second kappa shape index (κ2) is 8.22. The molecule has 1 aliphatic heterocycles. The van der Waals surface area contributed by atoms with E-state index in [2.05, 4.69) is 0 Å². The molecule has 0 bridgehead atoms. The molecular weight excluding hydrogens is 604 g/mol. The van der Waals surface area contributed by atoms with E-state index >= 15 is 0 Å². The number of hydrogen-bond acceptors (Lipinski definition) is 8. The van der Waals surface area contributed by atoms with Crippen molar-refractivity contribution in [1.82, 2.24) is 9.47 Å². The van der Waals surface area contributed by atoms with Crippen molar-refractivity contribution >= 4 is 46.9 Å². The quantitative estimate of drug-likeness (QED) is 0.161. The number of nitrogens with zero attached hydrogens (tertiary/aromatic N) is 2. The first-order valence-corrected chi connectivity index (χ1v) is 9.01. The Morgan fingerprint density at radius 1 is 0.727 bits per heavy atom. The Kier molecular flexibility index (Phi) is 5.91. The van der Waals surface area contributed by atoms with E-state index in [1.165, 1.54) is 26.2 Å². The van der Waals surface area contributed by atoms with E-state index in [1.54, 1.807) is 0 Å². The second-order valence-electron chi connectivity index (χ2n) is 7.00. The number of aromatic hydroxyl groups is 2. The number of phenols is 2. The molecular formula is C22H14N2O8W. The third-order valence-electron chi connectivity index (χ3n) is 5.02. The van der Waals surface area contributed by atoms with Crippen LogP contribution < -0.4 is 21.9 Å². The first-order chi connectivity index (χ1) is 15.0. The summed E-state index contributed by atoms with van der Waals surface area (Å²) in [5.74, 6) is -1.75. The summed E-state index contributed by atoms with van der Waals surface area (Å²) in [6.07, 6.45) is 0. The van der Waals surface area contributed by atoms with E-state index in [1.807, 2.05) is 0 Å². The zero-order chi connectivity index (χ0) is 23.5. The zero-order valence-corrected chi connectivity index (χ0v) is 20.0. The second-order valence-corrected chi connectivity index (χ2v) is 7.00. The van der Waals surface area contributed by atoms with Crippen LogP contribution in [0.3, 0.4) is 0 Å². The molecule has 166 valence electrons. The molecule has 0 saturated carbocycles. The first kappa shape index (κ1) is 23.7. The van der Waals surface area contributed by atoms with Crippen LogP contribution in [0.15, 0.2) is 42.7 Å². The van der Waals surface area contributed by atoms with Gasteiger partial charge in [0.2, 0.25) is 0 Å². The van der Waals surface area contributed by atoms with Gasteiger partial charge in [-0.25, -0.2) is 0 Å². The topological polar surface area (TPSA) is 143 Å². The maximum absolute atomic E-state index is 11.8. The summed E-state index contributed by atoms with van der Waals surface area (Å²) in [7, 11) is 2.76. The van der Waals surface area contributed by atoms with E-state index in [0.29, 0.717) is 0 Å². The number of phenolic OH excluding ortho intramolecular Hbond substituents is 2. The summed E-state index contributed by atoms with van der Waals surface area (Å²) < 4.78 is 11.5. The number of rotatable bonds is 0. The van der Waals surface area contributed by atoms with Gasteiger partial charge < -0.3 is 32.2 Å². The van der Waals surface area contributed by atoms with Crippen LogP contribution in [-0.4, -0.2) is 38.5 Å². The van der Waals surface area contributed by atoms with Crippen molar-refractivity contribution in [2.45, 2.75) is 0 Å². The Labute approximate surface area is 198 Å². The molecule has 0 fully saturated rings. The van der Waals surface area contributed by atoms with E-state index in [9.17, 15) is 19.2 Å². The summed E-state index contributed by atoms with van der Waals surface area (Å²) in [6.45, 7) is 10.9. The fourth-order valence-corrected chi connectivity index (χ4v) is 3.25. The molecule has 0 spiro atoms. The average Bonchev–Trinajstić information content (AvgIpc) is 3.09. The molecule has 2 aromatic heterocycles. The molecule has 3 heterocycles. The summed E-state index contributed by atoms with van der Waals surface area (Å²) in [5, 5.41) is 18.8. The van der Waals surface area contributed by atoms with Crippen LogP contribution in [0, 0.1) is 0 Å². The van der Waals surface area contributed by atoms with Crippen LogP contribution in [0.5, 0.6) is 11.5 Å². The largest absolute Gasteiger partial charge is 2.00 e.